The highest BCUT2D eigenvalue weighted by Gasteiger charge is 2.08. The Labute approximate surface area is 84.5 Å². The number of carbonyl (C=O) groups excluding carboxylic acids is 1. The third kappa shape index (κ3) is 1.43. The lowest BCUT2D eigenvalue weighted by molar-refractivity contribution is 0.0949. The molecule has 0 aliphatic carbocycles. The van der Waals surface area contributed by atoms with E-state index in [4.69, 9.17) is 17.4 Å². The monoisotopic (exact) mass is 210 g/mol. The maximum atomic E-state index is 11.1. The standard InChI is InChI=1S/C8H7ClN4O/c9-5-1-2-7-11-6(8(14)12-10)4-13(7)3-5/h1-4H,10H2,(H,12,14). The predicted octanol–water partition coefficient (Wildman–Crippen LogP) is 0.591. The minimum absolute atomic E-state index is 0.259. The van der Waals surface area contributed by atoms with Gasteiger partial charge in [-0.1, -0.05) is 11.6 Å². The normalized spacial score (nSPS) is 10.4. The highest BCUT2D eigenvalue weighted by Crippen LogP contribution is 2.11. The molecule has 0 fully saturated rings. The van der Waals surface area contributed by atoms with Gasteiger partial charge in [0, 0.05) is 12.4 Å². The van der Waals surface area contributed by atoms with E-state index in [1.54, 1.807) is 28.9 Å². The molecule has 1 amide bonds. The summed E-state index contributed by atoms with van der Waals surface area (Å²) in [4.78, 5) is 15.2. The molecule has 6 heteroatoms. The largest absolute Gasteiger partial charge is 0.305 e. The first-order valence-electron chi connectivity index (χ1n) is 3.86. The molecule has 2 rings (SSSR count). The molecule has 0 unspecified atom stereocenters. The molecule has 0 aliphatic heterocycles. The maximum Gasteiger partial charge on any atom is 0.285 e. The zero-order valence-electron chi connectivity index (χ0n) is 7.07. The van der Waals surface area contributed by atoms with Crippen molar-refractivity contribution in [2.45, 2.75) is 0 Å². The van der Waals surface area contributed by atoms with Crippen molar-refractivity contribution in [2.24, 2.45) is 5.84 Å². The minimum Gasteiger partial charge on any atom is -0.305 e. The van der Waals surface area contributed by atoms with E-state index >= 15 is 0 Å². The van der Waals surface area contributed by atoms with Crippen molar-refractivity contribution in [3.8, 4) is 0 Å². The van der Waals surface area contributed by atoms with Gasteiger partial charge in [0.25, 0.3) is 5.91 Å². The Morgan fingerprint density at radius 3 is 3.00 bits per heavy atom. The van der Waals surface area contributed by atoms with Gasteiger partial charge in [-0.25, -0.2) is 10.8 Å². The molecular weight excluding hydrogens is 204 g/mol. The molecule has 5 nitrogen and oxygen atoms in total. The van der Waals surface area contributed by atoms with E-state index in [0.717, 1.165) is 0 Å². The topological polar surface area (TPSA) is 72.4 Å². The molecule has 0 radical (unpaired) electrons. The average molecular weight is 211 g/mol. The van der Waals surface area contributed by atoms with Crippen LogP contribution in [-0.2, 0) is 0 Å². The molecule has 2 aromatic rings. The molecule has 0 atom stereocenters. The second-order valence-electron chi connectivity index (χ2n) is 2.71. The lowest BCUT2D eigenvalue weighted by Crippen LogP contribution is -2.30. The number of hydrogen-bond donors (Lipinski definition) is 2. The van der Waals surface area contributed by atoms with E-state index in [0.29, 0.717) is 10.7 Å². The van der Waals surface area contributed by atoms with Gasteiger partial charge in [-0.2, -0.15) is 0 Å². The summed E-state index contributed by atoms with van der Waals surface area (Å²) in [5.41, 5.74) is 2.91. The van der Waals surface area contributed by atoms with Gasteiger partial charge in [-0.05, 0) is 12.1 Å². The summed E-state index contributed by atoms with van der Waals surface area (Å²) in [7, 11) is 0. The number of imidazole rings is 1. The molecule has 2 aromatic heterocycles. The molecule has 0 spiro atoms. The predicted molar refractivity (Wildman–Crippen MR) is 51.9 cm³/mol. The van der Waals surface area contributed by atoms with Crippen molar-refractivity contribution in [1.82, 2.24) is 14.8 Å². The zero-order chi connectivity index (χ0) is 10.1. The van der Waals surface area contributed by atoms with E-state index in [2.05, 4.69) is 4.98 Å². The first-order valence-corrected chi connectivity index (χ1v) is 4.23. The number of carbonyl (C=O) groups is 1. The number of nitrogens with one attached hydrogen (secondary N) is 1. The van der Waals surface area contributed by atoms with Gasteiger partial charge in [0.05, 0.1) is 5.02 Å². The third-order valence-corrected chi connectivity index (χ3v) is 2.00. The molecule has 0 bridgehead atoms. The fourth-order valence-corrected chi connectivity index (χ4v) is 1.32. The molecule has 0 aromatic carbocycles. The van der Waals surface area contributed by atoms with E-state index in [9.17, 15) is 4.79 Å². The highest BCUT2D eigenvalue weighted by molar-refractivity contribution is 6.30. The lowest BCUT2D eigenvalue weighted by atomic mass is 10.5. The van der Waals surface area contributed by atoms with E-state index in [-0.39, 0.29) is 5.69 Å². The van der Waals surface area contributed by atoms with Gasteiger partial charge in [0.2, 0.25) is 0 Å². The molecule has 2 heterocycles. The van der Waals surface area contributed by atoms with Crippen LogP contribution in [0.1, 0.15) is 10.5 Å². The summed E-state index contributed by atoms with van der Waals surface area (Å²) in [6.45, 7) is 0. The summed E-state index contributed by atoms with van der Waals surface area (Å²) in [6.07, 6.45) is 3.22. The number of aromatic nitrogens is 2. The summed E-state index contributed by atoms with van der Waals surface area (Å²) >= 11 is 5.77. The molecule has 14 heavy (non-hydrogen) atoms. The number of pyridine rings is 1. The van der Waals surface area contributed by atoms with Crippen LogP contribution in [0.4, 0.5) is 0 Å². The van der Waals surface area contributed by atoms with Crippen molar-refractivity contribution in [3.63, 3.8) is 0 Å². The third-order valence-electron chi connectivity index (χ3n) is 1.78. The fraction of sp³-hybridized carbons (Fsp3) is 0. The Hall–Kier alpha value is -1.59. The number of fused-ring (bicyclic) bond motifs is 1. The van der Waals surface area contributed by atoms with Gasteiger partial charge in [0.1, 0.15) is 11.3 Å². The van der Waals surface area contributed by atoms with Gasteiger partial charge in [0.15, 0.2) is 0 Å². The molecule has 72 valence electrons. The maximum absolute atomic E-state index is 11.1. The molecular formula is C8H7ClN4O. The molecule has 3 N–H and O–H groups in total. The number of halogens is 1. The molecule has 0 aliphatic rings. The number of nitrogens with two attached hydrogens (primary N) is 1. The van der Waals surface area contributed by atoms with Crippen molar-refractivity contribution in [2.75, 3.05) is 0 Å². The number of nitrogens with zero attached hydrogens (tertiary/aromatic N) is 2. The Bertz CT molecular complexity index is 493. The highest BCUT2D eigenvalue weighted by atomic mass is 35.5. The number of amides is 1. The Morgan fingerprint density at radius 1 is 1.50 bits per heavy atom. The van der Waals surface area contributed by atoms with Gasteiger partial charge < -0.3 is 4.40 Å². The van der Waals surface area contributed by atoms with E-state index in [1.807, 2.05) is 5.43 Å². The average Bonchev–Trinajstić information content (AvgIpc) is 2.59. The van der Waals surface area contributed by atoms with Crippen molar-refractivity contribution < 1.29 is 4.79 Å². The van der Waals surface area contributed by atoms with Crippen molar-refractivity contribution >= 4 is 23.2 Å². The lowest BCUT2D eigenvalue weighted by Gasteiger charge is -1.91. The van der Waals surface area contributed by atoms with Crippen LogP contribution in [0, 0.1) is 0 Å². The van der Waals surface area contributed by atoms with Crippen LogP contribution in [0.15, 0.2) is 24.5 Å². The summed E-state index contributed by atoms with van der Waals surface area (Å²) in [5.74, 6) is 4.55. The number of nitrogen functional groups attached to an aromatic ring is 1. The van der Waals surface area contributed by atoms with Crippen LogP contribution in [-0.4, -0.2) is 15.3 Å². The second kappa shape index (κ2) is 3.28. The fourth-order valence-electron chi connectivity index (χ4n) is 1.15. The minimum atomic E-state index is -0.426. The first kappa shape index (κ1) is 8.98. The summed E-state index contributed by atoms with van der Waals surface area (Å²) in [6, 6.07) is 3.42. The van der Waals surface area contributed by atoms with Gasteiger partial charge >= 0.3 is 0 Å². The number of rotatable bonds is 1. The van der Waals surface area contributed by atoms with Crippen LogP contribution in [0.3, 0.4) is 0 Å². The molecule has 0 saturated heterocycles. The quantitative estimate of drug-likeness (QED) is 0.411. The van der Waals surface area contributed by atoms with Crippen LogP contribution in [0.25, 0.3) is 5.65 Å². The Morgan fingerprint density at radius 2 is 2.29 bits per heavy atom. The van der Waals surface area contributed by atoms with Gasteiger partial charge in [-0.3, -0.25) is 10.2 Å². The SMILES string of the molecule is NNC(=O)c1cn2cc(Cl)ccc2n1. The summed E-state index contributed by atoms with van der Waals surface area (Å²) < 4.78 is 1.66. The Kier molecular flexibility index (Phi) is 2.11. The van der Waals surface area contributed by atoms with E-state index in [1.165, 1.54) is 0 Å². The van der Waals surface area contributed by atoms with Crippen molar-refractivity contribution in [1.29, 1.82) is 0 Å². The second-order valence-corrected chi connectivity index (χ2v) is 3.15. The van der Waals surface area contributed by atoms with Crippen LogP contribution in [0.2, 0.25) is 5.02 Å². The smallest absolute Gasteiger partial charge is 0.285 e. The number of hydrazine groups is 1. The number of hydrogen-bond acceptors (Lipinski definition) is 3. The van der Waals surface area contributed by atoms with Crippen LogP contribution < -0.4 is 11.3 Å². The Balaban J connectivity index is 2.56. The van der Waals surface area contributed by atoms with Crippen LogP contribution >= 0.6 is 11.6 Å². The summed E-state index contributed by atoms with van der Waals surface area (Å²) in [5, 5.41) is 0.578. The van der Waals surface area contributed by atoms with Gasteiger partial charge in [-0.15, -0.1) is 0 Å². The molecule has 0 saturated carbocycles. The van der Waals surface area contributed by atoms with Crippen molar-refractivity contribution in [3.05, 3.63) is 35.2 Å². The first-order chi connectivity index (χ1) is 6.70. The van der Waals surface area contributed by atoms with E-state index < -0.39 is 5.91 Å². The zero-order valence-corrected chi connectivity index (χ0v) is 7.82. The van der Waals surface area contributed by atoms with Crippen LogP contribution in [0.5, 0.6) is 0 Å².